The lowest BCUT2D eigenvalue weighted by Gasteiger charge is -2.05. The number of H-pyrrole nitrogens is 2. The van der Waals surface area contributed by atoms with Crippen molar-refractivity contribution in [3.8, 4) is 39.7 Å². The number of ether oxygens (including phenoxy) is 1. The molecular formula is C27H25N3O. The average molecular weight is 408 g/mol. The standard InChI is InChI=1S/C27H25N3O/c1-17(2)18-8-10-20(11-9-18)27-29-25(19-12-14-21(31-3)15-13-19)26(30-27)23-16-28-24-7-5-4-6-22(23)24/h4-17,28H,1-3H3,(H,29,30). The zero-order valence-electron chi connectivity index (χ0n) is 17.9. The second-order valence-corrected chi connectivity index (χ2v) is 8.06. The summed E-state index contributed by atoms with van der Waals surface area (Å²) in [6.45, 7) is 4.41. The van der Waals surface area contributed by atoms with Crippen molar-refractivity contribution in [3.63, 3.8) is 0 Å². The fourth-order valence-electron chi connectivity index (χ4n) is 3.97. The number of fused-ring (bicyclic) bond motifs is 1. The van der Waals surface area contributed by atoms with Gasteiger partial charge in [0.2, 0.25) is 0 Å². The molecule has 0 aliphatic carbocycles. The first-order chi connectivity index (χ1) is 15.1. The molecule has 4 nitrogen and oxygen atoms in total. The number of benzene rings is 3. The third-order valence-electron chi connectivity index (χ3n) is 5.78. The Hall–Kier alpha value is -3.79. The Labute approximate surface area is 181 Å². The number of hydrogen-bond acceptors (Lipinski definition) is 2. The van der Waals surface area contributed by atoms with Crippen LogP contribution in [0.25, 0.3) is 44.8 Å². The van der Waals surface area contributed by atoms with E-state index < -0.39 is 0 Å². The highest BCUT2D eigenvalue weighted by Crippen LogP contribution is 2.37. The topological polar surface area (TPSA) is 53.7 Å². The van der Waals surface area contributed by atoms with Gasteiger partial charge in [-0.1, -0.05) is 56.3 Å². The number of rotatable bonds is 5. The van der Waals surface area contributed by atoms with Gasteiger partial charge in [0, 0.05) is 33.8 Å². The summed E-state index contributed by atoms with van der Waals surface area (Å²) in [6.07, 6.45) is 2.05. The lowest BCUT2D eigenvalue weighted by molar-refractivity contribution is 0.415. The summed E-state index contributed by atoms with van der Waals surface area (Å²) in [5, 5.41) is 1.17. The van der Waals surface area contributed by atoms with Gasteiger partial charge >= 0.3 is 0 Å². The lowest BCUT2D eigenvalue weighted by Crippen LogP contribution is -1.87. The van der Waals surface area contributed by atoms with Crippen LogP contribution in [0.1, 0.15) is 25.3 Å². The van der Waals surface area contributed by atoms with Crippen molar-refractivity contribution in [2.24, 2.45) is 0 Å². The summed E-state index contributed by atoms with van der Waals surface area (Å²) >= 11 is 0. The molecule has 0 fully saturated rings. The molecule has 0 saturated carbocycles. The molecule has 5 rings (SSSR count). The first-order valence-electron chi connectivity index (χ1n) is 10.6. The fraction of sp³-hybridized carbons (Fsp3) is 0.148. The maximum absolute atomic E-state index is 5.34. The van der Waals surface area contributed by atoms with Crippen molar-refractivity contribution in [2.75, 3.05) is 7.11 Å². The zero-order chi connectivity index (χ0) is 21.4. The molecule has 0 saturated heterocycles. The van der Waals surface area contributed by atoms with Gasteiger partial charge in [-0.2, -0.15) is 0 Å². The van der Waals surface area contributed by atoms with Gasteiger partial charge in [0.1, 0.15) is 11.6 Å². The van der Waals surface area contributed by atoms with Crippen LogP contribution in [-0.4, -0.2) is 22.1 Å². The van der Waals surface area contributed by atoms with Crippen molar-refractivity contribution in [2.45, 2.75) is 19.8 Å². The summed E-state index contributed by atoms with van der Waals surface area (Å²) < 4.78 is 5.34. The minimum atomic E-state index is 0.502. The molecule has 2 aromatic heterocycles. The third-order valence-corrected chi connectivity index (χ3v) is 5.78. The molecule has 0 aliphatic rings. The molecule has 0 spiro atoms. The fourth-order valence-corrected chi connectivity index (χ4v) is 3.97. The number of aromatic nitrogens is 3. The first kappa shape index (κ1) is 19.2. The van der Waals surface area contributed by atoms with E-state index in [-0.39, 0.29) is 0 Å². The Morgan fingerprint density at radius 2 is 1.55 bits per heavy atom. The van der Waals surface area contributed by atoms with Gasteiger partial charge in [0.05, 0.1) is 18.5 Å². The molecule has 0 radical (unpaired) electrons. The second kappa shape index (κ2) is 7.80. The molecule has 0 unspecified atom stereocenters. The maximum Gasteiger partial charge on any atom is 0.138 e. The molecular weight excluding hydrogens is 382 g/mol. The van der Waals surface area contributed by atoms with E-state index in [0.29, 0.717) is 5.92 Å². The highest BCUT2D eigenvalue weighted by molar-refractivity contribution is 5.98. The van der Waals surface area contributed by atoms with Crippen molar-refractivity contribution in [1.29, 1.82) is 0 Å². The summed E-state index contributed by atoms with van der Waals surface area (Å²) in [6, 6.07) is 25.0. The van der Waals surface area contributed by atoms with E-state index in [1.807, 2.05) is 18.2 Å². The highest BCUT2D eigenvalue weighted by atomic mass is 16.5. The Balaban J connectivity index is 1.67. The van der Waals surface area contributed by atoms with Crippen LogP contribution < -0.4 is 4.74 Å². The SMILES string of the molecule is COc1ccc(-c2nc(-c3ccc(C(C)C)cc3)[nH]c2-c2c[nH]c3ccccc23)cc1. The molecule has 5 aromatic rings. The number of aromatic amines is 2. The molecule has 4 heteroatoms. The summed E-state index contributed by atoms with van der Waals surface area (Å²) in [4.78, 5) is 12.0. The minimum absolute atomic E-state index is 0.502. The second-order valence-electron chi connectivity index (χ2n) is 8.06. The van der Waals surface area contributed by atoms with Crippen molar-refractivity contribution in [3.05, 3.63) is 84.6 Å². The third kappa shape index (κ3) is 3.50. The van der Waals surface area contributed by atoms with Crippen molar-refractivity contribution in [1.82, 2.24) is 15.0 Å². The Morgan fingerprint density at radius 3 is 2.26 bits per heavy atom. The number of nitrogens with one attached hydrogen (secondary N) is 2. The molecule has 154 valence electrons. The number of hydrogen-bond donors (Lipinski definition) is 2. The average Bonchev–Trinajstić information content (AvgIpc) is 3.43. The maximum atomic E-state index is 5.34. The van der Waals surface area contributed by atoms with E-state index >= 15 is 0 Å². The summed E-state index contributed by atoms with van der Waals surface area (Å²) in [5.74, 6) is 2.20. The van der Waals surface area contributed by atoms with E-state index in [9.17, 15) is 0 Å². The van der Waals surface area contributed by atoms with Crippen LogP contribution in [-0.2, 0) is 0 Å². The summed E-state index contributed by atoms with van der Waals surface area (Å²) in [7, 11) is 1.68. The van der Waals surface area contributed by atoms with E-state index in [0.717, 1.165) is 45.2 Å². The number of nitrogens with zero attached hydrogens (tertiary/aromatic N) is 1. The Bertz CT molecular complexity index is 1330. The number of methoxy groups -OCH3 is 1. The predicted octanol–water partition coefficient (Wildman–Crippen LogP) is 7.02. The smallest absolute Gasteiger partial charge is 0.138 e. The molecule has 0 atom stereocenters. The molecule has 2 N–H and O–H groups in total. The molecule has 0 amide bonds. The highest BCUT2D eigenvalue weighted by Gasteiger charge is 2.18. The van der Waals surface area contributed by atoms with Crippen LogP contribution >= 0.6 is 0 Å². The van der Waals surface area contributed by atoms with Gasteiger partial charge in [-0.05, 0) is 41.8 Å². The largest absolute Gasteiger partial charge is 0.497 e. The number of para-hydroxylation sites is 1. The van der Waals surface area contributed by atoms with Crippen molar-refractivity contribution < 1.29 is 4.74 Å². The zero-order valence-corrected chi connectivity index (χ0v) is 17.9. The van der Waals surface area contributed by atoms with Gasteiger partial charge in [0.25, 0.3) is 0 Å². The van der Waals surface area contributed by atoms with E-state index in [2.05, 4.69) is 84.6 Å². The lowest BCUT2D eigenvalue weighted by atomic mass is 10.0. The van der Waals surface area contributed by atoms with Crippen LogP contribution in [0.15, 0.2) is 79.0 Å². The quantitative estimate of drug-likeness (QED) is 0.329. The first-order valence-corrected chi connectivity index (χ1v) is 10.6. The Kier molecular flexibility index (Phi) is 4.83. The summed E-state index contributed by atoms with van der Waals surface area (Å²) in [5.41, 5.74) is 7.59. The van der Waals surface area contributed by atoms with E-state index in [1.165, 1.54) is 10.9 Å². The molecule has 3 aromatic carbocycles. The monoisotopic (exact) mass is 407 g/mol. The molecule has 0 bridgehead atoms. The molecule has 0 aliphatic heterocycles. The van der Waals surface area contributed by atoms with Crippen LogP contribution in [0.2, 0.25) is 0 Å². The van der Waals surface area contributed by atoms with Gasteiger partial charge in [-0.15, -0.1) is 0 Å². The van der Waals surface area contributed by atoms with Crippen LogP contribution in [0.5, 0.6) is 5.75 Å². The van der Waals surface area contributed by atoms with Crippen molar-refractivity contribution >= 4 is 10.9 Å². The van der Waals surface area contributed by atoms with Crippen LogP contribution in [0.4, 0.5) is 0 Å². The minimum Gasteiger partial charge on any atom is -0.497 e. The van der Waals surface area contributed by atoms with Gasteiger partial charge in [-0.3, -0.25) is 0 Å². The van der Waals surface area contributed by atoms with Gasteiger partial charge < -0.3 is 14.7 Å². The van der Waals surface area contributed by atoms with Gasteiger partial charge in [0.15, 0.2) is 0 Å². The van der Waals surface area contributed by atoms with E-state index in [4.69, 9.17) is 9.72 Å². The normalized spacial score (nSPS) is 11.4. The van der Waals surface area contributed by atoms with Gasteiger partial charge in [-0.25, -0.2) is 4.98 Å². The molecule has 31 heavy (non-hydrogen) atoms. The van der Waals surface area contributed by atoms with Crippen LogP contribution in [0, 0.1) is 0 Å². The predicted molar refractivity (Wildman–Crippen MR) is 127 cm³/mol. The number of imidazole rings is 1. The molecule has 2 heterocycles. The van der Waals surface area contributed by atoms with Crippen LogP contribution in [0.3, 0.4) is 0 Å². The van der Waals surface area contributed by atoms with E-state index in [1.54, 1.807) is 7.11 Å². The Morgan fingerprint density at radius 1 is 0.839 bits per heavy atom.